The van der Waals surface area contributed by atoms with Crippen molar-refractivity contribution < 1.29 is 4.79 Å². The van der Waals surface area contributed by atoms with Crippen LogP contribution in [0.25, 0.3) is 0 Å². The second-order valence-electron chi connectivity index (χ2n) is 7.97. The van der Waals surface area contributed by atoms with Gasteiger partial charge in [-0.1, -0.05) is 62.2 Å². The molecule has 150 valence electrons. The summed E-state index contributed by atoms with van der Waals surface area (Å²) in [7, 11) is 0. The number of nitrogens with two attached hydrogens (primary N) is 1. The van der Waals surface area contributed by atoms with Gasteiger partial charge in [0.15, 0.2) is 0 Å². The van der Waals surface area contributed by atoms with Crippen LogP contribution >= 0.6 is 0 Å². The third-order valence-electron chi connectivity index (χ3n) is 6.01. The molecule has 0 radical (unpaired) electrons. The Labute approximate surface area is 169 Å². The van der Waals surface area contributed by atoms with Crippen molar-refractivity contribution in [3.8, 4) is 0 Å². The number of rotatable bonds is 9. The van der Waals surface area contributed by atoms with Crippen molar-refractivity contribution in [3.05, 3.63) is 65.2 Å². The standard InChI is InChI=1S/C25H34N2O/c1-2-25(28)27(18-9-4-3-6-11-20-12-7-5-8-13-20)22-16-17-23-21(19-22)14-10-15-24(23)26/h5,7-8,10,12-15,22H,2-4,6,9,11,16-19,26H2,1H3. The van der Waals surface area contributed by atoms with Crippen LogP contribution in [0.1, 0.15) is 62.1 Å². The molecule has 0 saturated heterocycles. The minimum absolute atomic E-state index is 0.293. The molecule has 0 saturated carbocycles. The monoisotopic (exact) mass is 378 g/mol. The molecule has 0 spiro atoms. The van der Waals surface area contributed by atoms with Gasteiger partial charge in [-0.25, -0.2) is 0 Å². The number of carbonyl (C=O) groups is 1. The molecule has 1 unspecified atom stereocenters. The van der Waals surface area contributed by atoms with Crippen molar-refractivity contribution in [1.82, 2.24) is 4.90 Å². The summed E-state index contributed by atoms with van der Waals surface area (Å²) in [6, 6.07) is 17.2. The molecule has 1 aliphatic carbocycles. The molecule has 3 rings (SSSR count). The Morgan fingerprint density at radius 3 is 2.61 bits per heavy atom. The van der Waals surface area contributed by atoms with Crippen LogP contribution in [0.5, 0.6) is 0 Å². The molecule has 2 N–H and O–H groups in total. The molecule has 0 heterocycles. The van der Waals surface area contributed by atoms with Gasteiger partial charge in [-0.3, -0.25) is 4.79 Å². The number of nitrogen functional groups attached to an aromatic ring is 1. The molecule has 2 aromatic rings. The van der Waals surface area contributed by atoms with E-state index in [1.54, 1.807) is 0 Å². The predicted molar refractivity (Wildman–Crippen MR) is 117 cm³/mol. The van der Waals surface area contributed by atoms with Gasteiger partial charge in [0.25, 0.3) is 0 Å². The summed E-state index contributed by atoms with van der Waals surface area (Å²) >= 11 is 0. The van der Waals surface area contributed by atoms with Gasteiger partial charge in [-0.15, -0.1) is 0 Å². The number of hydrogen-bond donors (Lipinski definition) is 1. The summed E-state index contributed by atoms with van der Waals surface area (Å²) in [4.78, 5) is 14.8. The SMILES string of the molecule is CCC(=O)N(CCCCCCc1ccccc1)C1CCc2c(N)cccc2C1. The Morgan fingerprint density at radius 2 is 1.82 bits per heavy atom. The zero-order valence-corrected chi connectivity index (χ0v) is 17.2. The Balaban J connectivity index is 1.47. The normalized spacial score (nSPS) is 15.8. The number of carbonyl (C=O) groups excluding carboxylic acids is 1. The van der Waals surface area contributed by atoms with Crippen LogP contribution in [0.4, 0.5) is 5.69 Å². The van der Waals surface area contributed by atoms with Crippen LogP contribution in [0.2, 0.25) is 0 Å². The molecule has 3 nitrogen and oxygen atoms in total. The molecule has 0 aliphatic heterocycles. The molecular weight excluding hydrogens is 344 g/mol. The van der Waals surface area contributed by atoms with Crippen molar-refractivity contribution in [2.75, 3.05) is 12.3 Å². The second-order valence-corrected chi connectivity index (χ2v) is 7.97. The zero-order chi connectivity index (χ0) is 19.8. The van der Waals surface area contributed by atoms with Crippen molar-refractivity contribution in [2.24, 2.45) is 0 Å². The van der Waals surface area contributed by atoms with Gasteiger partial charge in [0.1, 0.15) is 0 Å². The van der Waals surface area contributed by atoms with Gasteiger partial charge < -0.3 is 10.6 Å². The Kier molecular flexibility index (Phi) is 7.53. The molecule has 0 aromatic heterocycles. The summed E-state index contributed by atoms with van der Waals surface area (Å²) in [6.45, 7) is 2.87. The average molecular weight is 379 g/mol. The van der Waals surface area contributed by atoms with Gasteiger partial charge in [0.2, 0.25) is 5.91 Å². The fourth-order valence-corrected chi connectivity index (χ4v) is 4.41. The highest BCUT2D eigenvalue weighted by molar-refractivity contribution is 5.76. The van der Waals surface area contributed by atoms with E-state index in [-0.39, 0.29) is 0 Å². The van der Waals surface area contributed by atoms with E-state index < -0.39 is 0 Å². The lowest BCUT2D eigenvalue weighted by molar-refractivity contribution is -0.133. The van der Waals surface area contributed by atoms with Crippen molar-refractivity contribution >= 4 is 11.6 Å². The number of amides is 1. The van der Waals surface area contributed by atoms with Gasteiger partial charge in [-0.2, -0.15) is 0 Å². The van der Waals surface area contributed by atoms with Crippen LogP contribution in [0, 0.1) is 0 Å². The summed E-state index contributed by atoms with van der Waals surface area (Å²) in [5.41, 5.74) is 11.1. The highest BCUT2D eigenvalue weighted by Crippen LogP contribution is 2.29. The predicted octanol–water partition coefficient (Wildman–Crippen LogP) is 5.17. The molecule has 1 atom stereocenters. The van der Waals surface area contributed by atoms with E-state index in [0.717, 1.165) is 44.3 Å². The van der Waals surface area contributed by atoms with Crippen LogP contribution in [-0.4, -0.2) is 23.4 Å². The van der Waals surface area contributed by atoms with E-state index in [0.29, 0.717) is 18.4 Å². The Bertz CT molecular complexity index is 756. The zero-order valence-electron chi connectivity index (χ0n) is 17.2. The van der Waals surface area contributed by atoms with Crippen molar-refractivity contribution in [3.63, 3.8) is 0 Å². The van der Waals surface area contributed by atoms with Gasteiger partial charge >= 0.3 is 0 Å². The largest absolute Gasteiger partial charge is 0.398 e. The molecule has 2 aromatic carbocycles. The minimum atomic E-state index is 0.293. The average Bonchev–Trinajstić information content (AvgIpc) is 2.73. The lowest BCUT2D eigenvalue weighted by atomic mass is 9.86. The summed E-state index contributed by atoms with van der Waals surface area (Å²) in [6.07, 6.45) is 9.44. The second kappa shape index (κ2) is 10.3. The summed E-state index contributed by atoms with van der Waals surface area (Å²) in [5.74, 6) is 0.293. The van der Waals surface area contributed by atoms with E-state index in [1.165, 1.54) is 36.0 Å². The molecule has 0 fully saturated rings. The number of nitrogens with zero attached hydrogens (tertiary/aromatic N) is 1. The van der Waals surface area contributed by atoms with Crippen LogP contribution in [-0.2, 0) is 24.1 Å². The van der Waals surface area contributed by atoms with Gasteiger partial charge in [0.05, 0.1) is 0 Å². The van der Waals surface area contributed by atoms with E-state index in [9.17, 15) is 4.79 Å². The van der Waals surface area contributed by atoms with E-state index in [2.05, 4.69) is 41.3 Å². The molecule has 28 heavy (non-hydrogen) atoms. The lowest BCUT2D eigenvalue weighted by Crippen LogP contribution is -2.43. The Hall–Kier alpha value is -2.29. The highest BCUT2D eigenvalue weighted by atomic mass is 16.2. The molecular formula is C25H34N2O. The maximum atomic E-state index is 12.6. The first kappa shape index (κ1) is 20.4. The van der Waals surface area contributed by atoms with Crippen LogP contribution < -0.4 is 5.73 Å². The topological polar surface area (TPSA) is 46.3 Å². The van der Waals surface area contributed by atoms with Crippen LogP contribution in [0.15, 0.2) is 48.5 Å². The van der Waals surface area contributed by atoms with Crippen molar-refractivity contribution in [2.45, 2.75) is 70.8 Å². The first-order valence-electron chi connectivity index (χ1n) is 10.9. The number of anilines is 1. The maximum Gasteiger partial charge on any atom is 0.222 e. The van der Waals surface area contributed by atoms with Crippen molar-refractivity contribution in [1.29, 1.82) is 0 Å². The van der Waals surface area contributed by atoms with E-state index >= 15 is 0 Å². The molecule has 0 bridgehead atoms. The van der Waals surface area contributed by atoms with Gasteiger partial charge in [0, 0.05) is 24.7 Å². The quantitative estimate of drug-likeness (QED) is 0.483. The Morgan fingerprint density at radius 1 is 1.04 bits per heavy atom. The van der Waals surface area contributed by atoms with E-state index in [4.69, 9.17) is 5.73 Å². The van der Waals surface area contributed by atoms with Crippen LogP contribution in [0.3, 0.4) is 0 Å². The maximum absolute atomic E-state index is 12.6. The van der Waals surface area contributed by atoms with Gasteiger partial charge in [-0.05, 0) is 61.3 Å². The third kappa shape index (κ3) is 5.37. The minimum Gasteiger partial charge on any atom is -0.398 e. The number of benzene rings is 2. The first-order chi connectivity index (χ1) is 13.7. The summed E-state index contributed by atoms with van der Waals surface area (Å²) in [5, 5.41) is 0. The number of unbranched alkanes of at least 4 members (excludes halogenated alkanes) is 3. The highest BCUT2D eigenvalue weighted by Gasteiger charge is 2.27. The number of aryl methyl sites for hydroxylation is 1. The summed E-state index contributed by atoms with van der Waals surface area (Å²) < 4.78 is 0. The molecule has 1 amide bonds. The fourth-order valence-electron chi connectivity index (χ4n) is 4.41. The first-order valence-corrected chi connectivity index (χ1v) is 10.9. The molecule has 3 heteroatoms. The molecule has 1 aliphatic rings. The number of hydrogen-bond acceptors (Lipinski definition) is 2. The fraction of sp³-hybridized carbons (Fsp3) is 0.480. The smallest absolute Gasteiger partial charge is 0.222 e. The number of fused-ring (bicyclic) bond motifs is 1. The third-order valence-corrected chi connectivity index (χ3v) is 6.01. The van der Waals surface area contributed by atoms with E-state index in [1.807, 2.05) is 19.1 Å². The lowest BCUT2D eigenvalue weighted by Gasteiger charge is -2.35.